The summed E-state index contributed by atoms with van der Waals surface area (Å²) in [7, 11) is 1.56. The molecule has 1 aromatic rings. The van der Waals surface area contributed by atoms with Gasteiger partial charge in [0.25, 0.3) is 0 Å². The van der Waals surface area contributed by atoms with Gasteiger partial charge >= 0.3 is 0 Å². The Bertz CT molecular complexity index is 498. The molecular formula is C14H17NO3. The molecule has 2 heterocycles. The molecule has 1 aromatic carbocycles. The number of ketones is 1. The molecule has 0 saturated carbocycles. The summed E-state index contributed by atoms with van der Waals surface area (Å²) in [6, 6.07) is 4.02. The summed E-state index contributed by atoms with van der Waals surface area (Å²) >= 11 is 0. The topological polar surface area (TPSA) is 49.8 Å². The average molecular weight is 247 g/mol. The van der Waals surface area contributed by atoms with Gasteiger partial charge in [0.15, 0.2) is 11.5 Å². The molecule has 18 heavy (non-hydrogen) atoms. The molecule has 0 amide bonds. The number of phenols is 1. The number of hydrogen-bond acceptors (Lipinski definition) is 4. The van der Waals surface area contributed by atoms with Crippen molar-refractivity contribution in [2.75, 3.05) is 13.7 Å². The molecule has 96 valence electrons. The Balaban J connectivity index is 1.93. The molecule has 0 spiro atoms. The van der Waals surface area contributed by atoms with Crippen molar-refractivity contribution in [1.29, 1.82) is 0 Å². The van der Waals surface area contributed by atoms with Gasteiger partial charge in [0, 0.05) is 32.0 Å². The third kappa shape index (κ3) is 1.86. The number of Topliss-reactive ketones (excluding diaryl/α,β-unsaturated/α-hetero) is 1. The van der Waals surface area contributed by atoms with Crippen LogP contribution in [0.25, 0.3) is 0 Å². The van der Waals surface area contributed by atoms with Crippen molar-refractivity contribution in [2.45, 2.75) is 31.8 Å². The van der Waals surface area contributed by atoms with Gasteiger partial charge in [-0.1, -0.05) is 0 Å². The van der Waals surface area contributed by atoms with E-state index in [2.05, 4.69) is 4.90 Å². The second kappa shape index (κ2) is 4.28. The Kier molecular flexibility index (Phi) is 2.74. The number of phenolic OH excluding ortho intramolecular Hbond substituents is 1. The van der Waals surface area contributed by atoms with Crippen LogP contribution in [-0.2, 0) is 17.8 Å². The normalized spacial score (nSPS) is 23.4. The molecule has 0 aliphatic carbocycles. The number of carbonyl (C=O) groups excluding carboxylic acids is 1. The Labute approximate surface area is 106 Å². The number of aromatic hydroxyl groups is 1. The van der Waals surface area contributed by atoms with E-state index in [4.69, 9.17) is 4.74 Å². The van der Waals surface area contributed by atoms with Gasteiger partial charge in [0.05, 0.1) is 7.11 Å². The zero-order valence-corrected chi connectivity index (χ0v) is 10.5. The number of carbonyl (C=O) groups is 1. The minimum absolute atomic E-state index is 0.197. The molecule has 0 radical (unpaired) electrons. The first-order valence-electron chi connectivity index (χ1n) is 6.32. The van der Waals surface area contributed by atoms with Crippen LogP contribution in [0, 0.1) is 0 Å². The van der Waals surface area contributed by atoms with Crippen molar-refractivity contribution in [3.8, 4) is 11.5 Å². The number of ether oxygens (including phenoxy) is 1. The average Bonchev–Trinajstić information content (AvgIpc) is 2.36. The summed E-state index contributed by atoms with van der Waals surface area (Å²) in [6.45, 7) is 1.67. The van der Waals surface area contributed by atoms with Crippen LogP contribution in [-0.4, -0.2) is 35.5 Å². The van der Waals surface area contributed by atoms with E-state index < -0.39 is 0 Å². The molecule has 2 aliphatic rings. The predicted molar refractivity (Wildman–Crippen MR) is 66.8 cm³/mol. The van der Waals surface area contributed by atoms with Gasteiger partial charge in [-0.25, -0.2) is 0 Å². The Hall–Kier alpha value is -1.55. The maximum atomic E-state index is 11.5. The molecule has 0 bridgehead atoms. The number of rotatable bonds is 1. The van der Waals surface area contributed by atoms with Crippen LogP contribution in [0.4, 0.5) is 0 Å². The lowest BCUT2D eigenvalue weighted by Crippen LogP contribution is -2.46. The third-order valence-corrected chi connectivity index (χ3v) is 3.99. The van der Waals surface area contributed by atoms with E-state index in [-0.39, 0.29) is 5.75 Å². The van der Waals surface area contributed by atoms with Crippen LogP contribution in [0.5, 0.6) is 11.5 Å². The highest BCUT2D eigenvalue weighted by atomic mass is 16.5. The van der Waals surface area contributed by atoms with Crippen molar-refractivity contribution < 1.29 is 14.6 Å². The van der Waals surface area contributed by atoms with Crippen molar-refractivity contribution in [1.82, 2.24) is 4.90 Å². The number of piperidine rings is 1. The summed E-state index contributed by atoms with van der Waals surface area (Å²) in [6.07, 6.45) is 2.19. The number of fused-ring (bicyclic) bond motifs is 2. The molecule has 3 rings (SSSR count). The number of nitrogens with zero attached hydrogens (tertiary/aromatic N) is 1. The molecule has 1 atom stereocenters. The zero-order chi connectivity index (χ0) is 12.7. The Morgan fingerprint density at radius 3 is 2.94 bits per heavy atom. The first-order chi connectivity index (χ1) is 8.67. The van der Waals surface area contributed by atoms with Gasteiger partial charge in [-0.05, 0) is 29.7 Å². The lowest BCUT2D eigenvalue weighted by Gasteiger charge is -2.39. The molecule has 0 aromatic heterocycles. The van der Waals surface area contributed by atoms with E-state index in [0.717, 1.165) is 25.1 Å². The Morgan fingerprint density at radius 1 is 1.33 bits per heavy atom. The van der Waals surface area contributed by atoms with Crippen molar-refractivity contribution in [3.05, 3.63) is 23.3 Å². The second-order valence-electron chi connectivity index (χ2n) is 5.11. The SMILES string of the molecule is COc1cc2c(cc1O)CN1CCC(=O)C[C@@H]1C2. The second-order valence-corrected chi connectivity index (χ2v) is 5.11. The molecular weight excluding hydrogens is 230 g/mol. The Morgan fingerprint density at radius 2 is 2.17 bits per heavy atom. The van der Waals surface area contributed by atoms with Crippen molar-refractivity contribution in [2.24, 2.45) is 0 Å². The highest BCUT2D eigenvalue weighted by Crippen LogP contribution is 2.35. The number of hydrogen-bond donors (Lipinski definition) is 1. The fourth-order valence-corrected chi connectivity index (χ4v) is 2.98. The van der Waals surface area contributed by atoms with Crippen LogP contribution < -0.4 is 4.74 Å². The van der Waals surface area contributed by atoms with Gasteiger partial charge < -0.3 is 9.84 Å². The molecule has 1 fully saturated rings. The third-order valence-electron chi connectivity index (χ3n) is 3.99. The van der Waals surface area contributed by atoms with E-state index in [1.54, 1.807) is 13.2 Å². The zero-order valence-electron chi connectivity index (χ0n) is 10.5. The molecule has 4 nitrogen and oxygen atoms in total. The fraction of sp³-hybridized carbons (Fsp3) is 0.500. The van der Waals surface area contributed by atoms with Gasteiger partial charge in [-0.3, -0.25) is 9.69 Å². The van der Waals surface area contributed by atoms with Gasteiger partial charge in [-0.2, -0.15) is 0 Å². The van der Waals surface area contributed by atoms with Crippen LogP contribution in [0.3, 0.4) is 0 Å². The number of methoxy groups -OCH3 is 1. The largest absolute Gasteiger partial charge is 0.504 e. The minimum atomic E-state index is 0.197. The molecule has 0 unspecified atom stereocenters. The standard InChI is InChI=1S/C14H17NO3/c1-18-14-6-9-4-11-7-12(16)2-3-15(11)8-10(9)5-13(14)17/h5-6,11,17H,2-4,7-8H2,1H3/t11-/m0/s1. The van der Waals surface area contributed by atoms with Gasteiger partial charge in [-0.15, -0.1) is 0 Å². The number of benzene rings is 1. The highest BCUT2D eigenvalue weighted by Gasteiger charge is 2.32. The highest BCUT2D eigenvalue weighted by molar-refractivity contribution is 5.80. The summed E-state index contributed by atoms with van der Waals surface area (Å²) in [4.78, 5) is 13.9. The maximum absolute atomic E-state index is 11.5. The maximum Gasteiger partial charge on any atom is 0.160 e. The van der Waals surface area contributed by atoms with E-state index >= 15 is 0 Å². The summed E-state index contributed by atoms with van der Waals surface area (Å²) in [5.41, 5.74) is 2.35. The molecule has 1 saturated heterocycles. The van der Waals surface area contributed by atoms with E-state index in [0.29, 0.717) is 30.4 Å². The van der Waals surface area contributed by atoms with Crippen LogP contribution >= 0.6 is 0 Å². The van der Waals surface area contributed by atoms with Crippen LogP contribution in [0.15, 0.2) is 12.1 Å². The van der Waals surface area contributed by atoms with E-state index in [1.165, 1.54) is 5.56 Å². The fourth-order valence-electron chi connectivity index (χ4n) is 2.98. The molecule has 1 N–H and O–H groups in total. The van der Waals surface area contributed by atoms with Gasteiger partial charge in [0.2, 0.25) is 0 Å². The first kappa shape index (κ1) is 11.5. The quantitative estimate of drug-likeness (QED) is 0.817. The van der Waals surface area contributed by atoms with E-state index in [1.807, 2.05) is 6.07 Å². The smallest absolute Gasteiger partial charge is 0.160 e. The predicted octanol–water partition coefficient (Wildman–Crippen LogP) is 1.49. The summed E-state index contributed by atoms with van der Waals surface area (Å²) in [5, 5.41) is 9.81. The summed E-state index contributed by atoms with van der Waals surface area (Å²) in [5.74, 6) is 1.08. The van der Waals surface area contributed by atoms with Crippen molar-refractivity contribution in [3.63, 3.8) is 0 Å². The van der Waals surface area contributed by atoms with Crippen LogP contribution in [0.2, 0.25) is 0 Å². The van der Waals surface area contributed by atoms with E-state index in [9.17, 15) is 9.90 Å². The monoisotopic (exact) mass is 247 g/mol. The van der Waals surface area contributed by atoms with Crippen molar-refractivity contribution >= 4 is 5.78 Å². The van der Waals surface area contributed by atoms with Gasteiger partial charge in [0.1, 0.15) is 5.78 Å². The lowest BCUT2D eigenvalue weighted by atomic mass is 9.88. The minimum Gasteiger partial charge on any atom is -0.504 e. The lowest BCUT2D eigenvalue weighted by molar-refractivity contribution is -0.123. The van der Waals surface area contributed by atoms with Crippen LogP contribution in [0.1, 0.15) is 24.0 Å². The summed E-state index contributed by atoms with van der Waals surface area (Å²) < 4.78 is 5.14. The first-order valence-corrected chi connectivity index (χ1v) is 6.32. The molecule has 2 aliphatic heterocycles. The molecule has 4 heteroatoms.